The number of rotatable bonds is 5. The molecule has 24 heavy (non-hydrogen) atoms. The fourth-order valence-electron chi connectivity index (χ4n) is 2.38. The van der Waals surface area contributed by atoms with Gasteiger partial charge in [-0.3, -0.25) is 9.78 Å². The zero-order chi connectivity index (χ0) is 16.9. The Balaban J connectivity index is 1.63. The molecule has 4 nitrogen and oxygen atoms in total. The molecule has 0 aliphatic heterocycles. The van der Waals surface area contributed by atoms with Crippen LogP contribution in [0.2, 0.25) is 0 Å². The molecule has 1 N–H and O–H groups in total. The lowest BCUT2D eigenvalue weighted by atomic mass is 10.2. The monoisotopic (exact) mass is 337 g/mol. The lowest BCUT2D eigenvalue weighted by Crippen LogP contribution is -2.14. The lowest BCUT2D eigenvalue weighted by Gasteiger charge is -2.13. The Bertz CT molecular complexity index is 841. The van der Waals surface area contributed by atoms with Gasteiger partial charge in [0, 0.05) is 41.9 Å². The number of pyridine rings is 1. The summed E-state index contributed by atoms with van der Waals surface area (Å²) >= 11 is 1.50. The van der Waals surface area contributed by atoms with Crippen molar-refractivity contribution in [3.05, 3.63) is 60.8 Å². The first-order valence-electron chi connectivity index (χ1n) is 7.67. The standard InChI is InChI=1S/C19H19N3OS/c1-22(2)16-10-8-15(9-11-16)21-18(23)13-24-17-7-3-5-14-6-4-12-20-19(14)17/h3-12H,13H2,1-2H3,(H,21,23). The Kier molecular flexibility index (Phi) is 5.01. The molecular weight excluding hydrogens is 318 g/mol. The van der Waals surface area contributed by atoms with E-state index in [1.165, 1.54) is 11.8 Å². The van der Waals surface area contributed by atoms with Crippen molar-refractivity contribution >= 4 is 39.9 Å². The van der Waals surface area contributed by atoms with Crippen LogP contribution in [0.5, 0.6) is 0 Å². The molecular formula is C19H19N3OS. The highest BCUT2D eigenvalue weighted by Gasteiger charge is 2.07. The Hall–Kier alpha value is -2.53. The van der Waals surface area contributed by atoms with Gasteiger partial charge in [-0.2, -0.15) is 0 Å². The Morgan fingerprint density at radius 3 is 2.58 bits per heavy atom. The summed E-state index contributed by atoms with van der Waals surface area (Å²) in [5, 5.41) is 4.01. The highest BCUT2D eigenvalue weighted by Crippen LogP contribution is 2.26. The Morgan fingerprint density at radius 2 is 1.83 bits per heavy atom. The van der Waals surface area contributed by atoms with Gasteiger partial charge < -0.3 is 10.2 Å². The molecule has 0 bridgehead atoms. The second-order valence-corrected chi connectivity index (χ2v) is 6.63. The molecule has 0 fully saturated rings. The van der Waals surface area contributed by atoms with Crippen molar-refractivity contribution in [1.82, 2.24) is 4.98 Å². The molecule has 0 aliphatic rings. The highest BCUT2D eigenvalue weighted by molar-refractivity contribution is 8.00. The van der Waals surface area contributed by atoms with Crippen LogP contribution in [0.4, 0.5) is 11.4 Å². The first-order valence-corrected chi connectivity index (χ1v) is 8.66. The molecule has 3 aromatic rings. The molecule has 0 saturated carbocycles. The van der Waals surface area contributed by atoms with E-state index in [4.69, 9.17) is 0 Å². The average molecular weight is 337 g/mol. The van der Waals surface area contributed by atoms with E-state index in [0.717, 1.165) is 27.2 Å². The van der Waals surface area contributed by atoms with E-state index in [9.17, 15) is 4.79 Å². The number of nitrogens with zero attached hydrogens (tertiary/aromatic N) is 2. The van der Waals surface area contributed by atoms with Gasteiger partial charge in [0.2, 0.25) is 5.91 Å². The molecule has 1 aromatic heterocycles. The number of carbonyl (C=O) groups excluding carboxylic acids is 1. The number of fused-ring (bicyclic) bond motifs is 1. The highest BCUT2D eigenvalue weighted by atomic mass is 32.2. The van der Waals surface area contributed by atoms with E-state index in [-0.39, 0.29) is 5.91 Å². The van der Waals surface area contributed by atoms with Crippen LogP contribution >= 0.6 is 11.8 Å². The lowest BCUT2D eigenvalue weighted by molar-refractivity contribution is -0.113. The molecule has 0 atom stereocenters. The number of carbonyl (C=O) groups is 1. The summed E-state index contributed by atoms with van der Waals surface area (Å²) in [6.07, 6.45) is 1.78. The van der Waals surface area contributed by atoms with Crippen LogP contribution < -0.4 is 10.2 Å². The minimum atomic E-state index is -0.0227. The van der Waals surface area contributed by atoms with Crippen molar-refractivity contribution < 1.29 is 4.79 Å². The zero-order valence-electron chi connectivity index (χ0n) is 13.7. The third-order valence-electron chi connectivity index (χ3n) is 3.62. The maximum atomic E-state index is 12.2. The maximum Gasteiger partial charge on any atom is 0.234 e. The van der Waals surface area contributed by atoms with E-state index >= 15 is 0 Å². The first-order chi connectivity index (χ1) is 11.6. The van der Waals surface area contributed by atoms with Gasteiger partial charge in [0.1, 0.15) is 0 Å². The topological polar surface area (TPSA) is 45.2 Å². The van der Waals surface area contributed by atoms with Gasteiger partial charge in [-0.05, 0) is 36.4 Å². The van der Waals surface area contributed by atoms with Crippen LogP contribution in [0.25, 0.3) is 10.9 Å². The second-order valence-electron chi connectivity index (χ2n) is 5.61. The van der Waals surface area contributed by atoms with Gasteiger partial charge in [0.15, 0.2) is 0 Å². The van der Waals surface area contributed by atoms with Crippen molar-refractivity contribution in [2.24, 2.45) is 0 Å². The summed E-state index contributed by atoms with van der Waals surface area (Å²) in [7, 11) is 3.98. The summed E-state index contributed by atoms with van der Waals surface area (Å²) in [6, 6.07) is 17.8. The van der Waals surface area contributed by atoms with Gasteiger partial charge in [0.25, 0.3) is 0 Å². The van der Waals surface area contributed by atoms with Gasteiger partial charge in [0.05, 0.1) is 11.3 Å². The van der Waals surface area contributed by atoms with Crippen molar-refractivity contribution in [2.45, 2.75) is 4.90 Å². The van der Waals surface area contributed by atoms with Crippen LogP contribution in [0.1, 0.15) is 0 Å². The summed E-state index contributed by atoms with van der Waals surface area (Å²) in [4.78, 5) is 19.6. The summed E-state index contributed by atoms with van der Waals surface area (Å²) in [6.45, 7) is 0. The van der Waals surface area contributed by atoms with Crippen molar-refractivity contribution in [1.29, 1.82) is 0 Å². The second kappa shape index (κ2) is 7.36. The van der Waals surface area contributed by atoms with Crippen LogP contribution in [-0.2, 0) is 4.79 Å². The predicted octanol–water partition coefficient (Wildman–Crippen LogP) is 4.03. The number of thioether (sulfide) groups is 1. The molecule has 0 spiro atoms. The summed E-state index contributed by atoms with van der Waals surface area (Å²) in [5.41, 5.74) is 2.85. The predicted molar refractivity (Wildman–Crippen MR) is 102 cm³/mol. The number of nitrogens with one attached hydrogen (secondary N) is 1. The molecule has 0 aliphatic carbocycles. The normalized spacial score (nSPS) is 10.6. The van der Waals surface area contributed by atoms with Crippen molar-refractivity contribution in [3.63, 3.8) is 0 Å². The Labute approximate surface area is 145 Å². The number of aromatic nitrogens is 1. The number of anilines is 2. The fraction of sp³-hybridized carbons (Fsp3) is 0.158. The first kappa shape index (κ1) is 16.3. The molecule has 3 rings (SSSR count). The van der Waals surface area contributed by atoms with E-state index < -0.39 is 0 Å². The van der Waals surface area contributed by atoms with Gasteiger partial charge in [-0.1, -0.05) is 18.2 Å². The van der Waals surface area contributed by atoms with E-state index in [2.05, 4.69) is 10.3 Å². The molecule has 1 amide bonds. The number of amides is 1. The van der Waals surface area contributed by atoms with Gasteiger partial charge in [-0.25, -0.2) is 0 Å². The third kappa shape index (κ3) is 3.86. The van der Waals surface area contributed by atoms with Crippen LogP contribution in [0.15, 0.2) is 65.7 Å². The SMILES string of the molecule is CN(C)c1ccc(NC(=O)CSc2cccc3cccnc23)cc1. The van der Waals surface area contributed by atoms with Gasteiger partial charge >= 0.3 is 0 Å². The number of hydrogen-bond donors (Lipinski definition) is 1. The quantitative estimate of drug-likeness (QED) is 0.714. The smallest absolute Gasteiger partial charge is 0.234 e. The van der Waals surface area contributed by atoms with E-state index in [1.54, 1.807) is 6.20 Å². The minimum absolute atomic E-state index is 0.0227. The summed E-state index contributed by atoms with van der Waals surface area (Å²) < 4.78 is 0. The van der Waals surface area contributed by atoms with Crippen LogP contribution in [0.3, 0.4) is 0 Å². The molecule has 0 radical (unpaired) electrons. The number of hydrogen-bond acceptors (Lipinski definition) is 4. The largest absolute Gasteiger partial charge is 0.378 e. The molecule has 0 saturated heterocycles. The fourth-order valence-corrected chi connectivity index (χ4v) is 3.22. The summed E-state index contributed by atoms with van der Waals surface area (Å²) in [5.74, 6) is 0.330. The zero-order valence-corrected chi connectivity index (χ0v) is 14.5. The third-order valence-corrected chi connectivity index (χ3v) is 4.67. The minimum Gasteiger partial charge on any atom is -0.378 e. The molecule has 5 heteroatoms. The molecule has 0 unspecified atom stereocenters. The number of para-hydroxylation sites is 1. The maximum absolute atomic E-state index is 12.2. The molecule has 2 aromatic carbocycles. The van der Waals surface area contributed by atoms with Gasteiger partial charge in [-0.15, -0.1) is 11.8 Å². The van der Waals surface area contributed by atoms with E-state index in [0.29, 0.717) is 5.75 Å². The molecule has 122 valence electrons. The Morgan fingerprint density at radius 1 is 1.08 bits per heavy atom. The van der Waals surface area contributed by atoms with Crippen molar-refractivity contribution in [3.8, 4) is 0 Å². The van der Waals surface area contributed by atoms with Crippen LogP contribution in [-0.4, -0.2) is 30.7 Å². The molecule has 1 heterocycles. The number of benzene rings is 2. The van der Waals surface area contributed by atoms with Crippen molar-refractivity contribution in [2.75, 3.05) is 30.1 Å². The van der Waals surface area contributed by atoms with E-state index in [1.807, 2.05) is 73.6 Å². The average Bonchev–Trinajstić information content (AvgIpc) is 2.60. The van der Waals surface area contributed by atoms with Crippen LogP contribution in [0, 0.1) is 0 Å².